The van der Waals surface area contributed by atoms with Gasteiger partial charge in [-0.05, 0) is 23.8 Å². The van der Waals surface area contributed by atoms with Gasteiger partial charge in [-0.1, -0.05) is 24.3 Å². The Morgan fingerprint density at radius 2 is 2.00 bits per heavy atom. The van der Waals surface area contributed by atoms with Gasteiger partial charge in [0, 0.05) is 5.69 Å². The van der Waals surface area contributed by atoms with Crippen LogP contribution in [0.2, 0.25) is 0 Å². The van der Waals surface area contributed by atoms with Crippen LogP contribution in [0, 0.1) is 11.3 Å². The summed E-state index contributed by atoms with van der Waals surface area (Å²) >= 11 is 0. The van der Waals surface area contributed by atoms with Gasteiger partial charge in [0.1, 0.15) is 6.07 Å². The molecule has 0 saturated heterocycles. The highest BCUT2D eigenvalue weighted by Crippen LogP contribution is 2.31. The van der Waals surface area contributed by atoms with Crippen LogP contribution in [0.3, 0.4) is 0 Å². The van der Waals surface area contributed by atoms with Gasteiger partial charge in [0.15, 0.2) is 0 Å². The summed E-state index contributed by atoms with van der Waals surface area (Å²) in [6.07, 6.45) is 0. The molecular formula is C15H12N4O. The summed E-state index contributed by atoms with van der Waals surface area (Å²) in [6, 6.07) is 14.5. The predicted octanol–water partition coefficient (Wildman–Crippen LogP) is 2.69. The monoisotopic (exact) mass is 264 g/mol. The molecule has 0 aromatic heterocycles. The van der Waals surface area contributed by atoms with Crippen molar-refractivity contribution in [3.63, 3.8) is 0 Å². The molecule has 2 amide bonds. The fourth-order valence-electron chi connectivity index (χ4n) is 2.30. The predicted molar refractivity (Wildman–Crippen MR) is 77.2 cm³/mol. The van der Waals surface area contributed by atoms with Gasteiger partial charge < -0.3 is 11.1 Å². The van der Waals surface area contributed by atoms with E-state index in [1.807, 2.05) is 24.3 Å². The smallest absolute Gasteiger partial charge is 0.326 e. The number of urea groups is 1. The van der Waals surface area contributed by atoms with Crippen LogP contribution in [0.5, 0.6) is 0 Å². The van der Waals surface area contributed by atoms with Gasteiger partial charge in [-0.15, -0.1) is 0 Å². The van der Waals surface area contributed by atoms with Crippen LogP contribution in [0.15, 0.2) is 42.5 Å². The highest BCUT2D eigenvalue weighted by Gasteiger charge is 2.25. The summed E-state index contributed by atoms with van der Waals surface area (Å²) in [5.74, 6) is 0. The Bertz CT molecular complexity index is 733. The molecule has 1 aliphatic rings. The molecule has 0 saturated carbocycles. The van der Waals surface area contributed by atoms with E-state index < -0.39 is 0 Å². The van der Waals surface area contributed by atoms with Crippen molar-refractivity contribution in [2.45, 2.75) is 6.54 Å². The van der Waals surface area contributed by atoms with Crippen LogP contribution >= 0.6 is 0 Å². The summed E-state index contributed by atoms with van der Waals surface area (Å²) in [4.78, 5) is 13.7. The Hall–Kier alpha value is -3.00. The van der Waals surface area contributed by atoms with Crippen LogP contribution in [0.1, 0.15) is 11.1 Å². The quantitative estimate of drug-likeness (QED) is 0.777. The minimum atomic E-state index is -0.259. The second-order valence-corrected chi connectivity index (χ2v) is 4.53. The van der Waals surface area contributed by atoms with Gasteiger partial charge >= 0.3 is 6.03 Å². The van der Waals surface area contributed by atoms with E-state index in [-0.39, 0.29) is 6.03 Å². The average molecular weight is 264 g/mol. The first kappa shape index (κ1) is 12.1. The number of carbonyl (C=O) groups is 1. The Labute approximate surface area is 116 Å². The molecule has 1 heterocycles. The van der Waals surface area contributed by atoms with Crippen molar-refractivity contribution < 1.29 is 4.79 Å². The van der Waals surface area contributed by atoms with E-state index in [2.05, 4.69) is 11.4 Å². The molecule has 3 rings (SSSR count). The fourth-order valence-corrected chi connectivity index (χ4v) is 2.30. The van der Waals surface area contributed by atoms with E-state index in [1.54, 1.807) is 18.2 Å². The molecule has 0 aliphatic carbocycles. The van der Waals surface area contributed by atoms with E-state index in [0.29, 0.717) is 23.5 Å². The van der Waals surface area contributed by atoms with Crippen LogP contribution in [0.25, 0.3) is 0 Å². The third kappa shape index (κ3) is 1.84. The number of nitrogens with zero attached hydrogens (tertiary/aromatic N) is 2. The number of nitrogen functional groups attached to an aromatic ring is 1. The number of nitrogens with two attached hydrogens (primary N) is 1. The number of amides is 2. The minimum absolute atomic E-state index is 0.259. The zero-order valence-electron chi connectivity index (χ0n) is 10.6. The van der Waals surface area contributed by atoms with E-state index in [1.165, 1.54) is 4.90 Å². The maximum atomic E-state index is 12.2. The fraction of sp³-hybridized carbons (Fsp3) is 0.0667. The summed E-state index contributed by atoms with van der Waals surface area (Å²) in [7, 11) is 0. The lowest BCUT2D eigenvalue weighted by atomic mass is 10.1. The molecular weight excluding hydrogens is 252 g/mol. The molecule has 0 spiro atoms. The van der Waals surface area contributed by atoms with Crippen molar-refractivity contribution in [1.29, 1.82) is 5.26 Å². The summed E-state index contributed by atoms with van der Waals surface area (Å²) in [6.45, 7) is 0.417. The topological polar surface area (TPSA) is 82.2 Å². The van der Waals surface area contributed by atoms with Gasteiger partial charge in [-0.2, -0.15) is 5.26 Å². The first-order valence-electron chi connectivity index (χ1n) is 6.15. The first-order valence-corrected chi connectivity index (χ1v) is 6.15. The third-order valence-electron chi connectivity index (χ3n) is 3.31. The zero-order chi connectivity index (χ0) is 14.1. The van der Waals surface area contributed by atoms with Crippen molar-refractivity contribution in [1.82, 2.24) is 0 Å². The normalized spacial score (nSPS) is 13.3. The Balaban J connectivity index is 2.07. The van der Waals surface area contributed by atoms with E-state index >= 15 is 0 Å². The van der Waals surface area contributed by atoms with E-state index in [4.69, 9.17) is 5.73 Å². The minimum Gasteiger partial charge on any atom is -0.398 e. The SMILES string of the molecule is N#Cc1c(N)cccc1N1Cc2ccccc2NC1=O. The average Bonchev–Trinajstić information content (AvgIpc) is 2.46. The lowest BCUT2D eigenvalue weighted by molar-refractivity contribution is 0.256. The van der Waals surface area contributed by atoms with Crippen molar-refractivity contribution in [3.8, 4) is 6.07 Å². The lowest BCUT2D eigenvalue weighted by Gasteiger charge is -2.30. The number of benzene rings is 2. The van der Waals surface area contributed by atoms with Gasteiger partial charge in [0.05, 0.1) is 23.5 Å². The molecule has 98 valence electrons. The molecule has 5 heteroatoms. The summed E-state index contributed by atoms with van der Waals surface area (Å²) < 4.78 is 0. The Morgan fingerprint density at radius 1 is 1.20 bits per heavy atom. The molecule has 2 aromatic rings. The molecule has 0 fully saturated rings. The number of para-hydroxylation sites is 1. The Kier molecular flexibility index (Phi) is 2.77. The van der Waals surface area contributed by atoms with E-state index in [9.17, 15) is 10.1 Å². The first-order chi connectivity index (χ1) is 9.70. The van der Waals surface area contributed by atoms with Crippen LogP contribution in [-0.4, -0.2) is 6.03 Å². The van der Waals surface area contributed by atoms with Crippen molar-refractivity contribution in [2.75, 3.05) is 16.0 Å². The van der Waals surface area contributed by atoms with Crippen molar-refractivity contribution >= 4 is 23.1 Å². The number of carbonyl (C=O) groups excluding carboxylic acids is 1. The molecule has 0 atom stereocenters. The van der Waals surface area contributed by atoms with Gasteiger partial charge in [-0.25, -0.2) is 4.79 Å². The van der Waals surface area contributed by atoms with Gasteiger partial charge in [0.2, 0.25) is 0 Å². The zero-order valence-corrected chi connectivity index (χ0v) is 10.6. The Morgan fingerprint density at radius 3 is 2.80 bits per heavy atom. The molecule has 0 bridgehead atoms. The molecule has 20 heavy (non-hydrogen) atoms. The molecule has 0 radical (unpaired) electrons. The van der Waals surface area contributed by atoms with Crippen LogP contribution in [-0.2, 0) is 6.54 Å². The van der Waals surface area contributed by atoms with Gasteiger partial charge in [0.25, 0.3) is 0 Å². The molecule has 5 nitrogen and oxygen atoms in total. The number of nitriles is 1. The molecule has 2 aromatic carbocycles. The molecule has 3 N–H and O–H groups in total. The second kappa shape index (κ2) is 4.59. The number of nitrogens with one attached hydrogen (secondary N) is 1. The number of rotatable bonds is 1. The van der Waals surface area contributed by atoms with Crippen molar-refractivity contribution in [2.24, 2.45) is 0 Å². The number of fused-ring (bicyclic) bond motifs is 1. The van der Waals surface area contributed by atoms with Crippen LogP contribution in [0.4, 0.5) is 21.9 Å². The second-order valence-electron chi connectivity index (χ2n) is 4.53. The highest BCUT2D eigenvalue weighted by molar-refractivity contribution is 6.05. The largest absolute Gasteiger partial charge is 0.398 e. The summed E-state index contributed by atoms with van der Waals surface area (Å²) in [5.41, 5.74) is 8.82. The maximum absolute atomic E-state index is 12.2. The van der Waals surface area contributed by atoms with Crippen LogP contribution < -0.4 is 16.0 Å². The highest BCUT2D eigenvalue weighted by atomic mass is 16.2. The van der Waals surface area contributed by atoms with E-state index in [0.717, 1.165) is 11.3 Å². The van der Waals surface area contributed by atoms with Crippen molar-refractivity contribution in [3.05, 3.63) is 53.6 Å². The lowest BCUT2D eigenvalue weighted by Crippen LogP contribution is -2.39. The molecule has 1 aliphatic heterocycles. The summed E-state index contributed by atoms with van der Waals surface area (Å²) in [5, 5.41) is 12.0. The van der Waals surface area contributed by atoms with Gasteiger partial charge in [-0.3, -0.25) is 4.90 Å². The molecule has 0 unspecified atom stereocenters. The standard InChI is InChI=1S/C15H12N4O/c16-8-11-12(17)5-3-7-14(11)19-9-10-4-1-2-6-13(10)18-15(19)20/h1-7H,9,17H2,(H,18,20). The number of anilines is 3. The number of hydrogen-bond donors (Lipinski definition) is 2. The maximum Gasteiger partial charge on any atom is 0.326 e. The third-order valence-corrected chi connectivity index (χ3v) is 3.31. The number of hydrogen-bond acceptors (Lipinski definition) is 3.